The highest BCUT2D eigenvalue weighted by molar-refractivity contribution is 14.0. The predicted octanol–water partition coefficient (Wildman–Crippen LogP) is 1.33. The number of methoxy groups -OCH3 is 1. The molecule has 1 amide bonds. The first-order valence-electron chi connectivity index (χ1n) is 9.69. The zero-order valence-corrected chi connectivity index (χ0v) is 18.6. The van der Waals surface area contributed by atoms with E-state index < -0.39 is 0 Å². The Morgan fingerprint density at radius 3 is 2.42 bits per heavy atom. The van der Waals surface area contributed by atoms with Crippen LogP contribution in [0.25, 0.3) is 0 Å². The molecule has 1 saturated carbocycles. The van der Waals surface area contributed by atoms with E-state index in [0.717, 1.165) is 32.0 Å². The average molecular weight is 481 g/mol. The highest BCUT2D eigenvalue weighted by atomic mass is 127. The topological polar surface area (TPSA) is 78.0 Å². The van der Waals surface area contributed by atoms with Crippen molar-refractivity contribution in [2.24, 2.45) is 4.99 Å². The summed E-state index contributed by atoms with van der Waals surface area (Å²) in [6, 6.07) is 1.24. The molecule has 1 aliphatic carbocycles. The lowest BCUT2D eigenvalue weighted by Gasteiger charge is -2.39. The van der Waals surface area contributed by atoms with Gasteiger partial charge in [0.25, 0.3) is 0 Å². The number of amides is 1. The second-order valence-electron chi connectivity index (χ2n) is 7.01. The number of ether oxygens (including phenoxy) is 1. The summed E-state index contributed by atoms with van der Waals surface area (Å²) >= 11 is 0. The van der Waals surface area contributed by atoms with E-state index in [9.17, 15) is 4.79 Å². The minimum absolute atomic E-state index is 0. The molecule has 0 spiro atoms. The molecule has 2 aliphatic rings. The molecule has 2 fully saturated rings. The molecule has 0 aromatic rings. The largest absolute Gasteiger partial charge is 0.383 e. The van der Waals surface area contributed by atoms with Gasteiger partial charge in [-0.15, -0.1) is 24.0 Å². The Kier molecular flexibility index (Phi) is 12.2. The van der Waals surface area contributed by atoms with Crippen LogP contribution in [0.3, 0.4) is 0 Å². The molecule has 0 aromatic heterocycles. The van der Waals surface area contributed by atoms with Crippen molar-refractivity contribution in [2.75, 3.05) is 46.9 Å². The second kappa shape index (κ2) is 13.5. The maximum Gasteiger partial charge on any atom is 0.239 e. The fourth-order valence-electron chi connectivity index (χ4n) is 3.76. The molecule has 2 rings (SSSR count). The van der Waals surface area contributed by atoms with Gasteiger partial charge < -0.3 is 25.6 Å². The molecule has 0 radical (unpaired) electrons. The summed E-state index contributed by atoms with van der Waals surface area (Å²) in [7, 11) is 3.37. The third-order valence-electron chi connectivity index (χ3n) is 5.23. The third-order valence-corrected chi connectivity index (χ3v) is 5.23. The molecular weight excluding hydrogens is 445 g/mol. The van der Waals surface area contributed by atoms with Gasteiger partial charge in [-0.25, -0.2) is 0 Å². The first kappa shape index (κ1) is 23.4. The van der Waals surface area contributed by atoms with Crippen LogP contribution in [0.2, 0.25) is 0 Å². The molecule has 0 aromatic carbocycles. The number of hydrogen-bond donors (Lipinski definition) is 3. The van der Waals surface area contributed by atoms with Gasteiger partial charge in [-0.1, -0.05) is 19.3 Å². The summed E-state index contributed by atoms with van der Waals surface area (Å²) < 4.78 is 4.92. The van der Waals surface area contributed by atoms with E-state index >= 15 is 0 Å². The van der Waals surface area contributed by atoms with Crippen molar-refractivity contribution in [2.45, 2.75) is 57.0 Å². The van der Waals surface area contributed by atoms with Gasteiger partial charge in [0.1, 0.15) is 0 Å². The van der Waals surface area contributed by atoms with E-state index in [4.69, 9.17) is 4.74 Å². The van der Waals surface area contributed by atoms with Crippen molar-refractivity contribution in [3.63, 3.8) is 0 Å². The van der Waals surface area contributed by atoms with Crippen molar-refractivity contribution in [1.29, 1.82) is 0 Å². The van der Waals surface area contributed by atoms with Crippen LogP contribution >= 0.6 is 24.0 Å². The van der Waals surface area contributed by atoms with E-state index in [0.29, 0.717) is 25.2 Å². The van der Waals surface area contributed by atoms with Crippen LogP contribution in [-0.2, 0) is 9.53 Å². The number of nitrogens with zero attached hydrogens (tertiary/aromatic N) is 2. The first-order chi connectivity index (χ1) is 12.2. The highest BCUT2D eigenvalue weighted by Crippen LogP contribution is 2.25. The molecule has 26 heavy (non-hydrogen) atoms. The molecule has 1 heterocycles. The number of aliphatic imine (C=N–C) groups is 1. The molecule has 1 aliphatic heterocycles. The lowest BCUT2D eigenvalue weighted by atomic mass is 9.92. The van der Waals surface area contributed by atoms with Crippen LogP contribution in [0.1, 0.15) is 44.9 Å². The summed E-state index contributed by atoms with van der Waals surface area (Å²) in [5.74, 6) is 0.658. The van der Waals surface area contributed by atoms with E-state index in [1.807, 2.05) is 0 Å². The molecular formula is C18H36IN5O2. The molecule has 8 heteroatoms. The molecule has 152 valence electrons. The Morgan fingerprint density at radius 1 is 1.12 bits per heavy atom. The van der Waals surface area contributed by atoms with Crippen molar-refractivity contribution in [3.05, 3.63) is 0 Å². The fourth-order valence-corrected chi connectivity index (χ4v) is 3.76. The smallest absolute Gasteiger partial charge is 0.239 e. The summed E-state index contributed by atoms with van der Waals surface area (Å²) in [5.41, 5.74) is 0. The quantitative estimate of drug-likeness (QED) is 0.221. The number of carbonyl (C=O) groups is 1. The van der Waals surface area contributed by atoms with Gasteiger partial charge in [0.2, 0.25) is 5.91 Å². The Labute approximate surface area is 175 Å². The third kappa shape index (κ3) is 8.39. The van der Waals surface area contributed by atoms with E-state index in [-0.39, 0.29) is 36.4 Å². The van der Waals surface area contributed by atoms with Crippen molar-refractivity contribution < 1.29 is 9.53 Å². The standard InChI is InChI=1S/C18H35N5O2.HI/c1-19-18(21-14-17(24)20-10-13-25-2)22-15-8-11-23(12-9-15)16-6-4-3-5-7-16;/h15-16H,3-14H2,1-2H3,(H,20,24)(H2,19,21,22);1H. The first-order valence-corrected chi connectivity index (χ1v) is 9.69. The van der Waals surface area contributed by atoms with Gasteiger partial charge in [-0.2, -0.15) is 0 Å². The number of carbonyl (C=O) groups excluding carboxylic acids is 1. The fraction of sp³-hybridized carbons (Fsp3) is 0.889. The average Bonchev–Trinajstić information content (AvgIpc) is 2.66. The number of guanidine groups is 1. The number of hydrogen-bond acceptors (Lipinski definition) is 4. The van der Waals surface area contributed by atoms with Gasteiger partial charge in [0.05, 0.1) is 13.2 Å². The van der Waals surface area contributed by atoms with Crippen LogP contribution < -0.4 is 16.0 Å². The van der Waals surface area contributed by atoms with Crippen molar-refractivity contribution in [1.82, 2.24) is 20.9 Å². The van der Waals surface area contributed by atoms with Gasteiger partial charge in [0, 0.05) is 45.9 Å². The lowest BCUT2D eigenvalue weighted by molar-refractivity contribution is -0.120. The van der Waals surface area contributed by atoms with Gasteiger partial charge in [-0.3, -0.25) is 9.79 Å². The van der Waals surface area contributed by atoms with E-state index in [2.05, 4.69) is 25.8 Å². The second-order valence-corrected chi connectivity index (χ2v) is 7.01. The SMILES string of the molecule is CN=C(NCC(=O)NCCOC)NC1CCN(C2CCCCC2)CC1.I. The monoisotopic (exact) mass is 481 g/mol. The number of halogens is 1. The zero-order valence-electron chi connectivity index (χ0n) is 16.3. The van der Waals surface area contributed by atoms with Gasteiger partial charge >= 0.3 is 0 Å². The van der Waals surface area contributed by atoms with Crippen LogP contribution in [0.4, 0.5) is 0 Å². The van der Waals surface area contributed by atoms with Crippen LogP contribution in [0.5, 0.6) is 0 Å². The summed E-state index contributed by atoms with van der Waals surface area (Å²) in [4.78, 5) is 18.6. The van der Waals surface area contributed by atoms with Gasteiger partial charge in [0.15, 0.2) is 5.96 Å². The summed E-state index contributed by atoms with van der Waals surface area (Å²) in [6.45, 7) is 3.61. The maximum absolute atomic E-state index is 11.7. The normalized spacial score (nSPS) is 20.3. The molecule has 0 bridgehead atoms. The zero-order chi connectivity index (χ0) is 17.9. The predicted molar refractivity (Wildman–Crippen MR) is 116 cm³/mol. The highest BCUT2D eigenvalue weighted by Gasteiger charge is 2.26. The maximum atomic E-state index is 11.7. The number of likely N-dealkylation sites (tertiary alicyclic amines) is 1. The Morgan fingerprint density at radius 2 is 1.81 bits per heavy atom. The van der Waals surface area contributed by atoms with Crippen LogP contribution in [-0.4, -0.2) is 75.8 Å². The Balaban J connectivity index is 0.00000338. The minimum Gasteiger partial charge on any atom is -0.383 e. The minimum atomic E-state index is -0.0490. The molecule has 3 N–H and O–H groups in total. The Hall–Kier alpha value is -0.610. The van der Waals surface area contributed by atoms with E-state index in [1.54, 1.807) is 14.2 Å². The lowest BCUT2D eigenvalue weighted by Crippen LogP contribution is -2.52. The molecule has 1 saturated heterocycles. The van der Waals surface area contributed by atoms with Crippen LogP contribution in [0, 0.1) is 0 Å². The summed E-state index contributed by atoms with van der Waals surface area (Å²) in [5, 5.41) is 9.34. The number of nitrogens with one attached hydrogen (secondary N) is 3. The molecule has 0 unspecified atom stereocenters. The van der Waals surface area contributed by atoms with Gasteiger partial charge in [-0.05, 0) is 25.7 Å². The van der Waals surface area contributed by atoms with Crippen LogP contribution in [0.15, 0.2) is 4.99 Å². The Bertz CT molecular complexity index is 422. The van der Waals surface area contributed by atoms with Crippen molar-refractivity contribution >= 4 is 35.8 Å². The molecule has 7 nitrogen and oxygen atoms in total. The van der Waals surface area contributed by atoms with Crippen molar-refractivity contribution in [3.8, 4) is 0 Å². The number of piperidine rings is 1. The molecule has 0 atom stereocenters. The van der Waals surface area contributed by atoms with E-state index in [1.165, 1.54) is 32.1 Å². The summed E-state index contributed by atoms with van der Waals surface area (Å²) in [6.07, 6.45) is 9.22. The number of rotatable bonds is 7.